The van der Waals surface area contributed by atoms with Gasteiger partial charge in [0.15, 0.2) is 0 Å². The number of aliphatic carboxylic acids is 1. The quantitative estimate of drug-likeness (QED) is 0.892. The molecule has 0 radical (unpaired) electrons. The van der Waals surface area contributed by atoms with E-state index in [1.165, 1.54) is 6.07 Å². The Kier molecular flexibility index (Phi) is 3.20. The van der Waals surface area contributed by atoms with Crippen LogP contribution in [0.4, 0.5) is 0 Å². The molecule has 0 aromatic carbocycles. The largest absolute Gasteiger partial charge is 0.480 e. The Morgan fingerprint density at radius 1 is 1.50 bits per heavy atom. The first-order valence-corrected chi connectivity index (χ1v) is 7.09. The lowest BCUT2D eigenvalue weighted by atomic mass is 10.2. The molecule has 0 bridgehead atoms. The van der Waals surface area contributed by atoms with Gasteiger partial charge in [-0.3, -0.25) is 4.79 Å². The zero-order chi connectivity index (χ0) is 13.5. The molecule has 6 nitrogen and oxygen atoms in total. The second kappa shape index (κ2) is 4.40. The Labute approximate surface area is 105 Å². The second-order valence-corrected chi connectivity index (χ2v) is 6.25. The summed E-state index contributed by atoms with van der Waals surface area (Å²) in [5.74, 6) is -0.311. The van der Waals surface area contributed by atoms with Crippen molar-refractivity contribution in [3.63, 3.8) is 0 Å². The van der Waals surface area contributed by atoms with Crippen LogP contribution in [0.15, 0.2) is 15.4 Å². The van der Waals surface area contributed by atoms with Crippen LogP contribution in [0.5, 0.6) is 0 Å². The fourth-order valence-corrected chi connectivity index (χ4v) is 4.14. The number of furan rings is 1. The van der Waals surface area contributed by atoms with Crippen molar-refractivity contribution in [2.45, 2.75) is 37.6 Å². The van der Waals surface area contributed by atoms with Crippen molar-refractivity contribution in [3.05, 3.63) is 17.6 Å². The van der Waals surface area contributed by atoms with E-state index in [2.05, 4.69) is 0 Å². The zero-order valence-corrected chi connectivity index (χ0v) is 11.0. The maximum atomic E-state index is 12.4. The summed E-state index contributed by atoms with van der Waals surface area (Å²) in [5, 5.41) is 9.04. The van der Waals surface area contributed by atoms with Crippen molar-refractivity contribution in [1.82, 2.24) is 4.31 Å². The second-order valence-electron chi connectivity index (χ2n) is 4.39. The van der Waals surface area contributed by atoms with Gasteiger partial charge in [-0.2, -0.15) is 4.31 Å². The standard InChI is InChI=1S/C11H15NO5S/c1-7-6-10(8(2)17-7)18(15,16)12-5-3-4-9(12)11(13)14/h6,9H,3-5H2,1-2H3,(H,13,14)/t9-/m0/s1. The van der Waals surface area contributed by atoms with E-state index in [1.54, 1.807) is 13.8 Å². The van der Waals surface area contributed by atoms with Gasteiger partial charge >= 0.3 is 5.97 Å². The molecule has 1 saturated heterocycles. The molecule has 0 aliphatic carbocycles. The van der Waals surface area contributed by atoms with Crippen LogP contribution in [0.3, 0.4) is 0 Å². The fourth-order valence-electron chi connectivity index (χ4n) is 2.26. The highest BCUT2D eigenvalue weighted by atomic mass is 32.2. The monoisotopic (exact) mass is 273 g/mol. The molecule has 1 aliphatic heterocycles. The van der Waals surface area contributed by atoms with E-state index in [1.807, 2.05) is 0 Å². The molecular weight excluding hydrogens is 258 g/mol. The molecular formula is C11H15NO5S. The molecule has 100 valence electrons. The van der Waals surface area contributed by atoms with Gasteiger partial charge in [0.05, 0.1) is 0 Å². The summed E-state index contributed by atoms with van der Waals surface area (Å²) in [6.45, 7) is 3.46. The molecule has 1 atom stereocenters. The Hall–Kier alpha value is -1.34. The maximum Gasteiger partial charge on any atom is 0.322 e. The minimum atomic E-state index is -3.78. The lowest BCUT2D eigenvalue weighted by molar-refractivity contribution is -0.140. The minimum Gasteiger partial charge on any atom is -0.480 e. The Bertz CT molecular complexity index is 574. The van der Waals surface area contributed by atoms with E-state index < -0.39 is 22.0 Å². The number of hydrogen-bond acceptors (Lipinski definition) is 4. The van der Waals surface area contributed by atoms with Gasteiger partial charge in [-0.1, -0.05) is 0 Å². The third kappa shape index (κ3) is 2.04. The number of nitrogens with zero attached hydrogens (tertiary/aromatic N) is 1. The van der Waals surface area contributed by atoms with Crippen LogP contribution in [0.2, 0.25) is 0 Å². The molecule has 0 amide bonds. The smallest absolute Gasteiger partial charge is 0.322 e. The first-order valence-electron chi connectivity index (χ1n) is 5.65. The third-order valence-corrected chi connectivity index (χ3v) is 5.09. The highest BCUT2D eigenvalue weighted by molar-refractivity contribution is 7.89. The lowest BCUT2D eigenvalue weighted by Crippen LogP contribution is -2.40. The third-order valence-electron chi connectivity index (χ3n) is 3.07. The van der Waals surface area contributed by atoms with E-state index >= 15 is 0 Å². The highest BCUT2D eigenvalue weighted by Crippen LogP contribution is 2.29. The summed E-state index contributed by atoms with van der Waals surface area (Å²) in [4.78, 5) is 11.1. The predicted octanol–water partition coefficient (Wildman–Crippen LogP) is 1.13. The molecule has 7 heteroatoms. The highest BCUT2D eigenvalue weighted by Gasteiger charge is 2.40. The van der Waals surface area contributed by atoms with E-state index in [9.17, 15) is 13.2 Å². The van der Waals surface area contributed by atoms with E-state index in [-0.39, 0.29) is 11.4 Å². The van der Waals surface area contributed by atoms with Gasteiger partial charge in [0.1, 0.15) is 22.5 Å². The Morgan fingerprint density at radius 2 is 2.17 bits per heavy atom. The molecule has 0 spiro atoms. The van der Waals surface area contributed by atoms with Crippen LogP contribution in [0.1, 0.15) is 24.4 Å². The number of carbonyl (C=O) groups is 1. The number of aryl methyl sites for hydroxylation is 2. The SMILES string of the molecule is Cc1cc(S(=O)(=O)N2CCC[C@H]2C(=O)O)c(C)o1. The molecule has 1 N–H and O–H groups in total. The molecule has 2 rings (SSSR count). The van der Waals surface area contributed by atoms with E-state index in [4.69, 9.17) is 9.52 Å². The zero-order valence-electron chi connectivity index (χ0n) is 10.2. The van der Waals surface area contributed by atoms with Crippen LogP contribution < -0.4 is 0 Å². The molecule has 18 heavy (non-hydrogen) atoms. The molecule has 1 aromatic heterocycles. The Balaban J connectivity index is 2.43. The van der Waals surface area contributed by atoms with Gasteiger partial charge in [-0.25, -0.2) is 8.42 Å². The fraction of sp³-hybridized carbons (Fsp3) is 0.545. The number of sulfonamides is 1. The molecule has 1 aliphatic rings. The first kappa shape index (κ1) is 13.1. The van der Waals surface area contributed by atoms with Crippen LogP contribution in [0, 0.1) is 13.8 Å². The maximum absolute atomic E-state index is 12.4. The molecule has 1 fully saturated rings. The summed E-state index contributed by atoms with van der Waals surface area (Å²) >= 11 is 0. The van der Waals surface area contributed by atoms with Crippen LogP contribution >= 0.6 is 0 Å². The topological polar surface area (TPSA) is 87.8 Å². The van der Waals surface area contributed by atoms with Crippen molar-refractivity contribution in [2.75, 3.05) is 6.54 Å². The molecule has 1 aromatic rings. The van der Waals surface area contributed by atoms with Gasteiger partial charge in [0, 0.05) is 6.54 Å². The van der Waals surface area contributed by atoms with Crippen molar-refractivity contribution < 1.29 is 22.7 Å². The summed E-state index contributed by atoms with van der Waals surface area (Å²) in [7, 11) is -3.78. The summed E-state index contributed by atoms with van der Waals surface area (Å²) in [6.07, 6.45) is 0.913. The van der Waals surface area contributed by atoms with E-state index in [0.29, 0.717) is 24.4 Å². The Morgan fingerprint density at radius 3 is 2.67 bits per heavy atom. The predicted molar refractivity (Wildman–Crippen MR) is 62.7 cm³/mol. The number of carboxylic acid groups (broad SMARTS) is 1. The van der Waals surface area contributed by atoms with E-state index in [0.717, 1.165) is 4.31 Å². The van der Waals surface area contributed by atoms with Gasteiger partial charge in [-0.05, 0) is 32.8 Å². The van der Waals surface area contributed by atoms with Gasteiger partial charge < -0.3 is 9.52 Å². The molecule has 2 heterocycles. The van der Waals surface area contributed by atoms with Crippen molar-refractivity contribution in [1.29, 1.82) is 0 Å². The summed E-state index contributed by atoms with van der Waals surface area (Å²) < 4.78 is 31.0. The average molecular weight is 273 g/mol. The first-order chi connectivity index (χ1) is 8.34. The van der Waals surface area contributed by atoms with Crippen LogP contribution in [0.25, 0.3) is 0 Å². The summed E-state index contributed by atoms with van der Waals surface area (Å²) in [5.41, 5.74) is 0. The van der Waals surface area contributed by atoms with Crippen molar-refractivity contribution >= 4 is 16.0 Å². The summed E-state index contributed by atoms with van der Waals surface area (Å²) in [6, 6.07) is 0.464. The molecule has 0 saturated carbocycles. The van der Waals surface area contributed by atoms with Crippen molar-refractivity contribution in [3.8, 4) is 0 Å². The van der Waals surface area contributed by atoms with Crippen molar-refractivity contribution in [2.24, 2.45) is 0 Å². The van der Waals surface area contributed by atoms with Crippen LogP contribution in [-0.4, -0.2) is 36.4 Å². The van der Waals surface area contributed by atoms with Crippen LogP contribution in [-0.2, 0) is 14.8 Å². The molecule has 0 unspecified atom stereocenters. The number of rotatable bonds is 3. The average Bonchev–Trinajstić information content (AvgIpc) is 2.84. The van der Waals surface area contributed by atoms with Gasteiger partial charge in [0.25, 0.3) is 0 Å². The lowest BCUT2D eigenvalue weighted by Gasteiger charge is -2.20. The van der Waals surface area contributed by atoms with Gasteiger partial charge in [-0.15, -0.1) is 0 Å². The number of hydrogen-bond donors (Lipinski definition) is 1. The van der Waals surface area contributed by atoms with Gasteiger partial charge in [0.2, 0.25) is 10.0 Å². The minimum absolute atomic E-state index is 0.0631. The number of carboxylic acids is 1. The normalized spacial score (nSPS) is 21.3.